The van der Waals surface area contributed by atoms with E-state index < -0.39 is 0 Å². The molecule has 0 spiro atoms. The third kappa shape index (κ3) is 7.27. The van der Waals surface area contributed by atoms with Crippen LogP contribution in [-0.4, -0.2) is 73.1 Å². The highest BCUT2D eigenvalue weighted by molar-refractivity contribution is 5.79. The summed E-state index contributed by atoms with van der Waals surface area (Å²) < 4.78 is 6.02. The van der Waals surface area contributed by atoms with Crippen LogP contribution in [0.15, 0.2) is 54.9 Å². The zero-order chi connectivity index (χ0) is 22.9. The smallest absolute Gasteiger partial charge is 0.224 e. The van der Waals surface area contributed by atoms with Crippen molar-refractivity contribution in [3.8, 4) is 5.75 Å². The molecule has 33 heavy (non-hydrogen) atoms. The van der Waals surface area contributed by atoms with Gasteiger partial charge >= 0.3 is 0 Å². The van der Waals surface area contributed by atoms with E-state index in [1.165, 1.54) is 24.9 Å². The molecule has 1 aromatic heterocycles. The van der Waals surface area contributed by atoms with Crippen LogP contribution in [0.4, 0.5) is 0 Å². The van der Waals surface area contributed by atoms with Gasteiger partial charge in [0.15, 0.2) is 0 Å². The van der Waals surface area contributed by atoms with E-state index in [0.717, 1.165) is 51.2 Å². The van der Waals surface area contributed by atoms with Gasteiger partial charge < -0.3 is 19.9 Å². The standard InChI is InChI=1S/C27H38N4O2/c1-30-15-6-9-25(30)11-14-29-27(32)24-17-23(21-33-26-10-5-13-28-18-26)19-31(20-24)16-12-22-7-3-2-4-8-22/h2-5,7-8,10,13,18,23-25H,6,9,11-12,14-17,19-21H2,1H3,(H,29,32)/t23-,24+,25?/m0/s1. The monoisotopic (exact) mass is 450 g/mol. The average molecular weight is 451 g/mol. The molecule has 4 rings (SSSR count). The van der Waals surface area contributed by atoms with Crippen LogP contribution in [0.3, 0.4) is 0 Å². The molecule has 1 aromatic carbocycles. The van der Waals surface area contributed by atoms with Crippen molar-refractivity contribution in [2.75, 3.05) is 46.4 Å². The third-order valence-electron chi connectivity index (χ3n) is 7.11. The van der Waals surface area contributed by atoms with Crippen LogP contribution in [0, 0.1) is 11.8 Å². The van der Waals surface area contributed by atoms with Crippen molar-refractivity contribution in [3.05, 3.63) is 60.4 Å². The topological polar surface area (TPSA) is 57.7 Å². The van der Waals surface area contributed by atoms with E-state index in [1.54, 1.807) is 12.4 Å². The van der Waals surface area contributed by atoms with Gasteiger partial charge in [-0.2, -0.15) is 0 Å². The van der Waals surface area contributed by atoms with Crippen molar-refractivity contribution in [3.63, 3.8) is 0 Å². The number of amides is 1. The van der Waals surface area contributed by atoms with Crippen LogP contribution >= 0.6 is 0 Å². The lowest BCUT2D eigenvalue weighted by molar-refractivity contribution is -0.127. The molecule has 2 saturated heterocycles. The minimum absolute atomic E-state index is 0.0123. The maximum absolute atomic E-state index is 13.1. The van der Waals surface area contributed by atoms with E-state index in [1.807, 2.05) is 12.1 Å². The molecule has 2 aliphatic heterocycles. The zero-order valence-corrected chi connectivity index (χ0v) is 19.9. The first-order valence-electron chi connectivity index (χ1n) is 12.4. The second-order valence-electron chi connectivity index (χ2n) is 9.65. The minimum Gasteiger partial charge on any atom is -0.492 e. The highest BCUT2D eigenvalue weighted by Gasteiger charge is 2.32. The summed E-state index contributed by atoms with van der Waals surface area (Å²) in [6.07, 6.45) is 8.93. The van der Waals surface area contributed by atoms with Crippen molar-refractivity contribution >= 4 is 5.91 Å². The summed E-state index contributed by atoms with van der Waals surface area (Å²) in [5, 5.41) is 3.25. The molecule has 6 nitrogen and oxygen atoms in total. The Morgan fingerprint density at radius 1 is 1.18 bits per heavy atom. The maximum Gasteiger partial charge on any atom is 0.224 e. The Balaban J connectivity index is 1.31. The number of rotatable bonds is 10. The largest absolute Gasteiger partial charge is 0.492 e. The molecule has 6 heteroatoms. The number of nitrogens with zero attached hydrogens (tertiary/aromatic N) is 3. The predicted molar refractivity (Wildman–Crippen MR) is 131 cm³/mol. The van der Waals surface area contributed by atoms with Crippen LogP contribution in [0.25, 0.3) is 0 Å². The van der Waals surface area contributed by atoms with Gasteiger partial charge in [0.1, 0.15) is 5.75 Å². The highest BCUT2D eigenvalue weighted by atomic mass is 16.5. The first-order valence-corrected chi connectivity index (χ1v) is 12.4. The summed E-state index contributed by atoms with van der Waals surface area (Å²) in [5.41, 5.74) is 1.34. The van der Waals surface area contributed by atoms with Crippen molar-refractivity contribution < 1.29 is 9.53 Å². The van der Waals surface area contributed by atoms with E-state index in [9.17, 15) is 4.79 Å². The van der Waals surface area contributed by atoms with Crippen LogP contribution in [-0.2, 0) is 11.2 Å². The zero-order valence-electron chi connectivity index (χ0n) is 19.9. The number of carbonyl (C=O) groups excluding carboxylic acids is 1. The molecule has 0 aliphatic carbocycles. The van der Waals surface area contributed by atoms with Crippen molar-refractivity contribution in [1.82, 2.24) is 20.1 Å². The Kier molecular flexibility index (Phi) is 8.72. The maximum atomic E-state index is 13.1. The Morgan fingerprint density at radius 2 is 2.06 bits per heavy atom. The van der Waals surface area contributed by atoms with Crippen molar-refractivity contribution in [1.29, 1.82) is 0 Å². The fourth-order valence-electron chi connectivity index (χ4n) is 5.22. The predicted octanol–water partition coefficient (Wildman–Crippen LogP) is 3.24. The van der Waals surface area contributed by atoms with E-state index in [2.05, 4.69) is 57.5 Å². The number of carbonyl (C=O) groups is 1. The summed E-state index contributed by atoms with van der Waals surface area (Å²) in [5.74, 6) is 1.33. The minimum atomic E-state index is 0.0123. The molecule has 2 aliphatic rings. The molecule has 2 aromatic rings. The number of piperidine rings is 1. The van der Waals surface area contributed by atoms with Gasteiger partial charge in [0.25, 0.3) is 0 Å². The first-order chi connectivity index (χ1) is 16.2. The number of pyridine rings is 1. The molecule has 3 heterocycles. The summed E-state index contributed by atoms with van der Waals surface area (Å²) in [6, 6.07) is 15.0. The molecule has 0 bridgehead atoms. The molecular weight excluding hydrogens is 412 g/mol. The fourth-order valence-corrected chi connectivity index (χ4v) is 5.22. The number of aromatic nitrogens is 1. The van der Waals surface area contributed by atoms with Gasteiger partial charge in [0.2, 0.25) is 5.91 Å². The van der Waals surface area contributed by atoms with E-state index >= 15 is 0 Å². The lowest BCUT2D eigenvalue weighted by Crippen LogP contribution is -2.48. The number of benzene rings is 1. The van der Waals surface area contributed by atoms with Crippen molar-refractivity contribution in [2.24, 2.45) is 11.8 Å². The Morgan fingerprint density at radius 3 is 2.82 bits per heavy atom. The summed E-state index contributed by atoms with van der Waals surface area (Å²) in [4.78, 5) is 22.1. The summed E-state index contributed by atoms with van der Waals surface area (Å²) in [7, 11) is 2.19. The van der Waals surface area contributed by atoms with Gasteiger partial charge in [-0.1, -0.05) is 30.3 Å². The molecule has 178 valence electrons. The highest BCUT2D eigenvalue weighted by Crippen LogP contribution is 2.24. The van der Waals surface area contributed by atoms with Crippen LogP contribution in [0.5, 0.6) is 5.75 Å². The van der Waals surface area contributed by atoms with E-state index in [-0.39, 0.29) is 11.8 Å². The van der Waals surface area contributed by atoms with Crippen molar-refractivity contribution in [2.45, 2.75) is 38.1 Å². The lowest BCUT2D eigenvalue weighted by atomic mass is 9.88. The lowest BCUT2D eigenvalue weighted by Gasteiger charge is -2.37. The van der Waals surface area contributed by atoms with E-state index in [0.29, 0.717) is 18.6 Å². The number of hydrogen-bond donors (Lipinski definition) is 1. The fraction of sp³-hybridized carbons (Fsp3) is 0.556. The Hall–Kier alpha value is -2.44. The van der Waals surface area contributed by atoms with Gasteiger partial charge in [-0.25, -0.2) is 0 Å². The third-order valence-corrected chi connectivity index (χ3v) is 7.11. The second-order valence-corrected chi connectivity index (χ2v) is 9.65. The average Bonchev–Trinajstić information content (AvgIpc) is 3.27. The number of nitrogens with one attached hydrogen (secondary N) is 1. The molecule has 1 unspecified atom stereocenters. The molecule has 1 amide bonds. The molecule has 1 N–H and O–H groups in total. The van der Waals surface area contributed by atoms with Gasteiger partial charge in [-0.3, -0.25) is 9.78 Å². The Bertz CT molecular complexity index is 796. The molecular formula is C27H38N4O2. The van der Waals surface area contributed by atoms with E-state index in [4.69, 9.17) is 4.74 Å². The Labute approximate surface area is 198 Å². The quantitative estimate of drug-likeness (QED) is 0.602. The van der Waals surface area contributed by atoms with Gasteiger partial charge in [-0.05, 0) is 63.4 Å². The van der Waals surface area contributed by atoms with Crippen LogP contribution in [0.1, 0.15) is 31.2 Å². The summed E-state index contributed by atoms with van der Waals surface area (Å²) in [6.45, 7) is 5.31. The van der Waals surface area contributed by atoms with Gasteiger partial charge in [0.05, 0.1) is 18.7 Å². The first kappa shape index (κ1) is 23.7. The second kappa shape index (κ2) is 12.1. The van der Waals surface area contributed by atoms with Gasteiger partial charge in [-0.15, -0.1) is 0 Å². The number of hydrogen-bond acceptors (Lipinski definition) is 5. The molecule has 2 fully saturated rings. The van der Waals surface area contributed by atoms with Crippen LogP contribution in [0.2, 0.25) is 0 Å². The molecule has 3 atom stereocenters. The SMILES string of the molecule is CN1CCCC1CCNC(=O)[C@@H]1C[C@H](COc2cccnc2)CN(CCc2ccccc2)C1. The van der Waals surface area contributed by atoms with Crippen LogP contribution < -0.4 is 10.1 Å². The number of ether oxygens (including phenoxy) is 1. The molecule has 0 saturated carbocycles. The molecule has 0 radical (unpaired) electrons. The number of likely N-dealkylation sites (tertiary alicyclic amines) is 2. The normalized spacial score (nSPS) is 24.0. The van der Waals surface area contributed by atoms with Gasteiger partial charge in [0, 0.05) is 44.3 Å². The summed E-state index contributed by atoms with van der Waals surface area (Å²) >= 11 is 0.